The molecule has 0 aromatic rings. The van der Waals surface area contributed by atoms with Crippen molar-refractivity contribution in [2.45, 2.75) is 25.3 Å². The summed E-state index contributed by atoms with van der Waals surface area (Å²) in [6, 6.07) is 0. The highest BCUT2D eigenvalue weighted by molar-refractivity contribution is 5.75. The first-order valence-corrected chi connectivity index (χ1v) is 3.40. The monoisotopic (exact) mass is 202 g/mol. The highest BCUT2D eigenvalue weighted by Crippen LogP contribution is 2.22. The Morgan fingerprint density at radius 1 is 1.46 bits per heavy atom. The number of rotatable bonds is 3. The van der Waals surface area contributed by atoms with Crippen molar-refractivity contribution >= 4 is 5.97 Å². The first-order valence-electron chi connectivity index (χ1n) is 3.40. The summed E-state index contributed by atoms with van der Waals surface area (Å²) in [4.78, 5) is 10.5. The van der Waals surface area contributed by atoms with Crippen LogP contribution in [-0.4, -0.2) is 41.2 Å². The second-order valence-electron chi connectivity index (χ2n) is 2.18. The molecule has 0 aromatic heterocycles. The molecule has 0 saturated carbocycles. The number of halogens is 3. The molecule has 0 rings (SSSR count). The van der Waals surface area contributed by atoms with Gasteiger partial charge in [0.05, 0.1) is 6.61 Å². The number of carbonyl (C=O) groups excluding carboxylic acids is 1. The molecule has 0 heterocycles. The third-order valence-corrected chi connectivity index (χ3v) is 1.16. The molecule has 0 spiro atoms. The predicted octanol–water partition coefficient (Wildman–Crippen LogP) is -0.166. The quantitative estimate of drug-likeness (QED) is 0.624. The van der Waals surface area contributed by atoms with Crippen molar-refractivity contribution in [2.75, 3.05) is 6.61 Å². The van der Waals surface area contributed by atoms with Gasteiger partial charge >= 0.3 is 12.1 Å². The second-order valence-corrected chi connectivity index (χ2v) is 2.18. The lowest BCUT2D eigenvalue weighted by Crippen LogP contribution is -2.44. The summed E-state index contributed by atoms with van der Waals surface area (Å²) in [5.41, 5.74) is 0. The van der Waals surface area contributed by atoms with Gasteiger partial charge in [0.15, 0.2) is 12.2 Å². The Hall–Kier alpha value is -0.820. The second kappa shape index (κ2) is 4.43. The van der Waals surface area contributed by atoms with Crippen LogP contribution in [0.3, 0.4) is 0 Å². The molecule has 0 amide bonds. The fraction of sp³-hybridized carbons (Fsp3) is 0.833. The van der Waals surface area contributed by atoms with E-state index in [1.807, 2.05) is 0 Å². The van der Waals surface area contributed by atoms with E-state index in [1.165, 1.54) is 6.92 Å². The number of ether oxygens (including phenoxy) is 1. The Kier molecular flexibility index (Phi) is 4.15. The number of hydrogen-bond acceptors (Lipinski definition) is 4. The summed E-state index contributed by atoms with van der Waals surface area (Å²) < 4.78 is 39.1. The molecule has 0 radical (unpaired) electrons. The van der Waals surface area contributed by atoms with Crippen LogP contribution in [0.15, 0.2) is 0 Å². The van der Waals surface area contributed by atoms with E-state index in [4.69, 9.17) is 10.2 Å². The Morgan fingerprint density at radius 2 is 1.92 bits per heavy atom. The molecule has 13 heavy (non-hydrogen) atoms. The van der Waals surface area contributed by atoms with Gasteiger partial charge in [0.1, 0.15) is 0 Å². The van der Waals surface area contributed by atoms with E-state index in [2.05, 4.69) is 4.74 Å². The van der Waals surface area contributed by atoms with Gasteiger partial charge in [0.2, 0.25) is 0 Å². The van der Waals surface area contributed by atoms with Crippen molar-refractivity contribution in [3.8, 4) is 0 Å². The molecule has 2 N–H and O–H groups in total. The SMILES string of the molecule is CCOC(=O)[C@H](O)[C@@H](O)C(F)(F)F. The van der Waals surface area contributed by atoms with E-state index in [0.29, 0.717) is 0 Å². The molecule has 0 saturated heterocycles. The summed E-state index contributed by atoms with van der Waals surface area (Å²) in [5.74, 6) is -1.49. The maximum atomic E-state index is 11.7. The average Bonchev–Trinajstić information content (AvgIpc) is 2.00. The molecule has 2 atom stereocenters. The van der Waals surface area contributed by atoms with E-state index in [1.54, 1.807) is 0 Å². The first kappa shape index (κ1) is 12.2. The van der Waals surface area contributed by atoms with Gasteiger partial charge in [-0.2, -0.15) is 13.2 Å². The fourth-order valence-corrected chi connectivity index (χ4v) is 0.536. The first-order chi connectivity index (χ1) is 5.80. The van der Waals surface area contributed by atoms with Crippen molar-refractivity contribution in [1.82, 2.24) is 0 Å². The van der Waals surface area contributed by atoms with Crippen molar-refractivity contribution in [2.24, 2.45) is 0 Å². The topological polar surface area (TPSA) is 66.8 Å². The maximum absolute atomic E-state index is 11.7. The minimum Gasteiger partial charge on any atom is -0.464 e. The van der Waals surface area contributed by atoms with Crippen LogP contribution in [-0.2, 0) is 9.53 Å². The molecule has 0 aliphatic rings. The highest BCUT2D eigenvalue weighted by Gasteiger charge is 2.46. The van der Waals surface area contributed by atoms with Gasteiger partial charge in [0, 0.05) is 0 Å². The number of aliphatic hydroxyl groups is 2. The third kappa shape index (κ3) is 3.60. The summed E-state index contributed by atoms with van der Waals surface area (Å²) >= 11 is 0. The zero-order valence-corrected chi connectivity index (χ0v) is 6.71. The standard InChI is InChI=1S/C6H9F3O4/c1-2-13-5(12)3(10)4(11)6(7,8)9/h3-4,10-11H,2H2,1H3/t3-,4-/m1/s1. The van der Waals surface area contributed by atoms with E-state index in [9.17, 15) is 18.0 Å². The van der Waals surface area contributed by atoms with Gasteiger partial charge in [-0.05, 0) is 6.92 Å². The Labute approximate surface area is 71.9 Å². The summed E-state index contributed by atoms with van der Waals surface area (Å²) in [6.45, 7) is 1.20. The molecular formula is C6H9F3O4. The summed E-state index contributed by atoms with van der Waals surface area (Å²) in [5, 5.41) is 17.0. The van der Waals surface area contributed by atoms with E-state index in [0.717, 1.165) is 0 Å². The van der Waals surface area contributed by atoms with E-state index < -0.39 is 24.4 Å². The predicted molar refractivity (Wildman–Crippen MR) is 34.7 cm³/mol. The van der Waals surface area contributed by atoms with Crippen LogP contribution >= 0.6 is 0 Å². The molecule has 4 nitrogen and oxygen atoms in total. The van der Waals surface area contributed by atoms with Gasteiger partial charge in [0.25, 0.3) is 0 Å². The smallest absolute Gasteiger partial charge is 0.417 e. The van der Waals surface area contributed by atoms with Crippen LogP contribution in [0, 0.1) is 0 Å². The van der Waals surface area contributed by atoms with E-state index >= 15 is 0 Å². The lowest BCUT2D eigenvalue weighted by molar-refractivity contribution is -0.234. The number of alkyl halides is 3. The third-order valence-electron chi connectivity index (χ3n) is 1.16. The Morgan fingerprint density at radius 3 is 2.23 bits per heavy atom. The van der Waals surface area contributed by atoms with Crippen LogP contribution in [0.25, 0.3) is 0 Å². The fourth-order valence-electron chi connectivity index (χ4n) is 0.536. The van der Waals surface area contributed by atoms with Crippen molar-refractivity contribution in [3.63, 3.8) is 0 Å². The summed E-state index contributed by atoms with van der Waals surface area (Å²) in [6.07, 6.45) is -10.7. The molecule has 7 heteroatoms. The molecule has 78 valence electrons. The Bertz CT molecular complexity index is 179. The molecule has 0 aromatic carbocycles. The van der Waals surface area contributed by atoms with Crippen molar-refractivity contribution < 1.29 is 32.9 Å². The maximum Gasteiger partial charge on any atom is 0.417 e. The molecular weight excluding hydrogens is 193 g/mol. The van der Waals surface area contributed by atoms with E-state index in [-0.39, 0.29) is 6.61 Å². The van der Waals surface area contributed by atoms with Gasteiger partial charge < -0.3 is 14.9 Å². The number of carbonyl (C=O) groups is 1. The van der Waals surface area contributed by atoms with Crippen LogP contribution in [0.5, 0.6) is 0 Å². The van der Waals surface area contributed by atoms with Crippen LogP contribution in [0.1, 0.15) is 6.92 Å². The molecule has 0 unspecified atom stereocenters. The number of aliphatic hydroxyl groups excluding tert-OH is 2. The molecule has 0 aliphatic heterocycles. The molecule has 0 fully saturated rings. The lowest BCUT2D eigenvalue weighted by Gasteiger charge is -2.18. The zero-order valence-electron chi connectivity index (χ0n) is 6.71. The van der Waals surface area contributed by atoms with Gasteiger partial charge in [-0.15, -0.1) is 0 Å². The van der Waals surface area contributed by atoms with Crippen molar-refractivity contribution in [3.05, 3.63) is 0 Å². The average molecular weight is 202 g/mol. The van der Waals surface area contributed by atoms with Crippen LogP contribution in [0.4, 0.5) is 13.2 Å². The molecule has 0 aliphatic carbocycles. The normalized spacial score (nSPS) is 16.5. The minimum absolute atomic E-state index is 0.166. The summed E-state index contributed by atoms with van der Waals surface area (Å²) in [7, 11) is 0. The Balaban J connectivity index is 4.25. The molecule has 0 bridgehead atoms. The van der Waals surface area contributed by atoms with Gasteiger partial charge in [-0.1, -0.05) is 0 Å². The highest BCUT2D eigenvalue weighted by atomic mass is 19.4. The zero-order chi connectivity index (χ0) is 10.6. The van der Waals surface area contributed by atoms with Crippen LogP contribution < -0.4 is 0 Å². The largest absolute Gasteiger partial charge is 0.464 e. The van der Waals surface area contributed by atoms with Gasteiger partial charge in [-0.3, -0.25) is 0 Å². The van der Waals surface area contributed by atoms with Crippen LogP contribution in [0.2, 0.25) is 0 Å². The minimum atomic E-state index is -5.04. The van der Waals surface area contributed by atoms with Gasteiger partial charge in [-0.25, -0.2) is 4.79 Å². The van der Waals surface area contributed by atoms with Crippen molar-refractivity contribution in [1.29, 1.82) is 0 Å². The lowest BCUT2D eigenvalue weighted by atomic mass is 10.2. The number of hydrogen-bond donors (Lipinski definition) is 2. The number of esters is 1.